The number of aromatic nitrogens is 1. The van der Waals surface area contributed by atoms with Crippen LogP contribution in [0.3, 0.4) is 0 Å². The fraction of sp³-hybridized carbons (Fsp3) is 0.250. The van der Waals surface area contributed by atoms with Crippen LogP contribution in [-0.4, -0.2) is 41.1 Å². The van der Waals surface area contributed by atoms with E-state index in [1.165, 1.54) is 6.07 Å². The Morgan fingerprint density at radius 1 is 1.35 bits per heavy atom. The van der Waals surface area contributed by atoms with E-state index >= 15 is 0 Å². The van der Waals surface area contributed by atoms with Gasteiger partial charge in [-0.1, -0.05) is 6.07 Å². The number of carboxylic acids is 1. The first-order valence-electron chi connectivity index (χ1n) is 5.80. The highest BCUT2D eigenvalue weighted by molar-refractivity contribution is 6.00. The number of hydrogen-bond donors (Lipinski definition) is 3. The fourth-order valence-corrected chi connectivity index (χ4v) is 1.80. The fourth-order valence-electron chi connectivity index (χ4n) is 1.80. The van der Waals surface area contributed by atoms with Crippen molar-refractivity contribution in [1.82, 2.24) is 4.68 Å². The van der Waals surface area contributed by atoms with Crippen LogP contribution < -0.4 is 21.4 Å². The van der Waals surface area contributed by atoms with E-state index in [1.807, 2.05) is 0 Å². The van der Waals surface area contributed by atoms with Crippen molar-refractivity contribution in [1.29, 1.82) is 0 Å². The molecule has 0 aliphatic heterocycles. The Kier molecular flexibility index (Phi) is 3.57. The van der Waals surface area contributed by atoms with E-state index in [0.29, 0.717) is 5.69 Å². The number of likely N-dealkylation sites (N-methyl/N-ethyl adjacent to an activating group) is 1. The Labute approximate surface area is 113 Å². The van der Waals surface area contributed by atoms with E-state index in [9.17, 15) is 19.5 Å². The summed E-state index contributed by atoms with van der Waals surface area (Å²) in [5.41, 5.74) is 1.48. The maximum atomic E-state index is 11.4. The van der Waals surface area contributed by atoms with Crippen LogP contribution in [0.25, 0.3) is 0 Å². The molecule has 0 fully saturated rings. The van der Waals surface area contributed by atoms with Crippen molar-refractivity contribution in [2.24, 2.45) is 0 Å². The summed E-state index contributed by atoms with van der Waals surface area (Å²) in [7, 11) is 1.63. The Morgan fingerprint density at radius 2 is 2.00 bits per heavy atom. The van der Waals surface area contributed by atoms with Gasteiger partial charge in [-0.25, -0.2) is 4.79 Å². The average molecular weight is 279 g/mol. The summed E-state index contributed by atoms with van der Waals surface area (Å²) in [6.07, 6.45) is 0. The van der Waals surface area contributed by atoms with Crippen molar-refractivity contribution >= 4 is 17.3 Å². The summed E-state index contributed by atoms with van der Waals surface area (Å²) in [6.45, 7) is 0.127. The number of benzene rings is 1. The lowest BCUT2D eigenvalue weighted by Crippen LogP contribution is -2.24. The smallest absolute Gasteiger partial charge is 0.340 e. The number of hydrogen-bond acceptors (Lipinski definition) is 6. The zero-order valence-electron chi connectivity index (χ0n) is 10.7. The van der Waals surface area contributed by atoms with E-state index in [2.05, 4.69) is 5.43 Å². The average Bonchev–Trinajstić information content (AvgIpc) is 2.96. The van der Waals surface area contributed by atoms with Crippen molar-refractivity contribution in [3.8, 4) is 0 Å². The number of carbonyl (C=O) groups is 1. The Hall–Kier alpha value is -2.61. The third-order valence-electron chi connectivity index (χ3n) is 2.87. The van der Waals surface area contributed by atoms with Gasteiger partial charge in [0.2, 0.25) is 0 Å². The zero-order valence-corrected chi connectivity index (χ0v) is 10.7. The molecule has 8 nitrogen and oxygen atoms in total. The molecule has 0 aliphatic rings. The molecule has 0 bridgehead atoms. The summed E-state index contributed by atoms with van der Waals surface area (Å²) in [5, 5.41) is 18.2. The number of aromatic carboxylic acids is 1. The minimum Gasteiger partial charge on any atom is -0.478 e. The molecule has 0 amide bonds. The van der Waals surface area contributed by atoms with Crippen molar-refractivity contribution < 1.29 is 15.0 Å². The molecule has 0 aliphatic carbocycles. The first-order chi connectivity index (χ1) is 9.47. The minimum atomic E-state index is -1.20. The highest BCUT2D eigenvalue weighted by Crippen LogP contribution is 2.27. The van der Waals surface area contributed by atoms with Crippen molar-refractivity contribution in [3.05, 3.63) is 44.5 Å². The second-order valence-corrected chi connectivity index (χ2v) is 4.21. The first kappa shape index (κ1) is 13.8. The molecule has 1 heterocycles. The standard InChI is InChI=1S/C12H13N3O5/c1-14(5-6-16)8-4-2-3-7(9(8)12(19)20)13-15-10(17)11(15)18/h2-4,13,16H,5-6H2,1H3,(H,19,20). The van der Waals surface area contributed by atoms with Crippen LogP contribution >= 0.6 is 0 Å². The van der Waals surface area contributed by atoms with Crippen LogP contribution in [0.5, 0.6) is 0 Å². The quantitative estimate of drug-likeness (QED) is 0.586. The number of aliphatic hydroxyl groups excluding tert-OH is 1. The van der Waals surface area contributed by atoms with Gasteiger partial charge in [-0.3, -0.25) is 15.0 Å². The molecule has 1 aromatic carbocycles. The van der Waals surface area contributed by atoms with Gasteiger partial charge in [0, 0.05) is 13.6 Å². The predicted molar refractivity (Wildman–Crippen MR) is 72.1 cm³/mol. The van der Waals surface area contributed by atoms with Gasteiger partial charge in [-0.2, -0.15) is 4.68 Å². The summed E-state index contributed by atoms with van der Waals surface area (Å²) in [5.74, 6) is -1.20. The molecular formula is C12H13N3O5. The summed E-state index contributed by atoms with van der Waals surface area (Å²) < 4.78 is 0.734. The molecule has 3 N–H and O–H groups in total. The predicted octanol–water partition coefficient (Wildman–Crippen LogP) is -0.914. The van der Waals surface area contributed by atoms with Gasteiger partial charge < -0.3 is 15.1 Å². The van der Waals surface area contributed by atoms with Gasteiger partial charge in [0.05, 0.1) is 18.0 Å². The Morgan fingerprint density at radius 3 is 2.50 bits per heavy atom. The maximum Gasteiger partial charge on any atom is 0.340 e. The number of nitrogens with zero attached hydrogens (tertiary/aromatic N) is 2. The van der Waals surface area contributed by atoms with Crippen LogP contribution in [0, 0.1) is 0 Å². The van der Waals surface area contributed by atoms with Gasteiger partial charge in [0.1, 0.15) is 5.56 Å². The molecular weight excluding hydrogens is 266 g/mol. The number of nitrogens with one attached hydrogen (secondary N) is 1. The third-order valence-corrected chi connectivity index (χ3v) is 2.87. The second-order valence-electron chi connectivity index (χ2n) is 4.21. The van der Waals surface area contributed by atoms with E-state index < -0.39 is 17.1 Å². The molecule has 20 heavy (non-hydrogen) atoms. The van der Waals surface area contributed by atoms with Crippen LogP contribution in [0.4, 0.5) is 11.4 Å². The van der Waals surface area contributed by atoms with E-state index in [0.717, 1.165) is 4.68 Å². The number of anilines is 2. The van der Waals surface area contributed by atoms with Crippen molar-refractivity contribution in [2.75, 3.05) is 30.5 Å². The second kappa shape index (κ2) is 5.17. The lowest BCUT2D eigenvalue weighted by atomic mass is 10.1. The summed E-state index contributed by atoms with van der Waals surface area (Å²) in [4.78, 5) is 34.9. The largest absolute Gasteiger partial charge is 0.478 e. The molecule has 0 unspecified atom stereocenters. The van der Waals surface area contributed by atoms with E-state index in [4.69, 9.17) is 5.11 Å². The van der Waals surface area contributed by atoms with E-state index in [1.54, 1.807) is 24.1 Å². The van der Waals surface area contributed by atoms with Gasteiger partial charge in [-0.15, -0.1) is 0 Å². The number of carboxylic acid groups (broad SMARTS) is 1. The van der Waals surface area contributed by atoms with E-state index in [-0.39, 0.29) is 24.4 Å². The molecule has 0 saturated carbocycles. The van der Waals surface area contributed by atoms with Crippen LogP contribution in [0.15, 0.2) is 27.8 Å². The third kappa shape index (κ3) is 2.41. The van der Waals surface area contributed by atoms with Crippen LogP contribution in [0.1, 0.15) is 10.4 Å². The molecule has 0 radical (unpaired) electrons. The summed E-state index contributed by atoms with van der Waals surface area (Å²) >= 11 is 0. The Balaban J connectivity index is 2.44. The van der Waals surface area contributed by atoms with Crippen LogP contribution in [-0.2, 0) is 0 Å². The zero-order chi connectivity index (χ0) is 14.9. The molecule has 0 spiro atoms. The highest BCUT2D eigenvalue weighted by Gasteiger charge is 2.22. The van der Waals surface area contributed by atoms with Crippen molar-refractivity contribution in [3.63, 3.8) is 0 Å². The lowest BCUT2D eigenvalue weighted by molar-refractivity contribution is 0.0698. The topological polar surface area (TPSA) is 112 Å². The number of rotatable bonds is 6. The highest BCUT2D eigenvalue weighted by atomic mass is 16.4. The molecule has 1 aromatic heterocycles. The minimum absolute atomic E-state index is 0.0732. The lowest BCUT2D eigenvalue weighted by Gasteiger charge is -2.21. The SMILES string of the molecule is CN(CCO)c1cccc(Nn2c(=O)c2=O)c1C(=O)O. The maximum absolute atomic E-state index is 11.4. The van der Waals surface area contributed by atoms with Gasteiger partial charge >= 0.3 is 17.1 Å². The van der Waals surface area contributed by atoms with Crippen molar-refractivity contribution in [2.45, 2.75) is 0 Å². The normalized spacial score (nSPS) is 10.7. The molecule has 8 heteroatoms. The summed E-state index contributed by atoms with van der Waals surface area (Å²) in [6, 6.07) is 4.63. The molecule has 2 aromatic rings. The molecule has 0 saturated heterocycles. The monoisotopic (exact) mass is 279 g/mol. The molecule has 0 atom stereocenters. The van der Waals surface area contributed by atoms with Gasteiger partial charge in [-0.05, 0) is 12.1 Å². The first-order valence-corrected chi connectivity index (χ1v) is 5.80. The molecule has 106 valence electrons. The Bertz CT molecular complexity index is 689. The number of aliphatic hydroxyl groups is 1. The van der Waals surface area contributed by atoms with Gasteiger partial charge in [0.25, 0.3) is 0 Å². The molecule has 2 rings (SSSR count). The van der Waals surface area contributed by atoms with Gasteiger partial charge in [0.15, 0.2) is 0 Å². The van der Waals surface area contributed by atoms with Crippen LogP contribution in [0.2, 0.25) is 0 Å².